The van der Waals surface area contributed by atoms with Crippen molar-refractivity contribution in [2.24, 2.45) is 5.10 Å². The maximum atomic E-state index is 13.2. The molecular formula is C24H22FN7O2S. The highest BCUT2D eigenvalue weighted by Crippen LogP contribution is 2.19. The molecule has 1 aromatic heterocycles. The van der Waals surface area contributed by atoms with Crippen LogP contribution in [0.25, 0.3) is 0 Å². The van der Waals surface area contributed by atoms with Gasteiger partial charge in [-0.2, -0.15) is 5.10 Å². The fraction of sp³-hybridized carbons (Fsp3) is 0.0833. The van der Waals surface area contributed by atoms with Gasteiger partial charge in [0.1, 0.15) is 18.2 Å². The molecule has 35 heavy (non-hydrogen) atoms. The number of para-hydroxylation sites is 1. The first-order chi connectivity index (χ1) is 17.1. The molecule has 178 valence electrons. The average Bonchev–Trinajstić information content (AvgIpc) is 3.22. The highest BCUT2D eigenvalue weighted by atomic mass is 32.2. The number of hydrazone groups is 1. The second-order valence-electron chi connectivity index (χ2n) is 7.21. The van der Waals surface area contributed by atoms with Gasteiger partial charge in [0, 0.05) is 11.3 Å². The maximum absolute atomic E-state index is 13.2. The van der Waals surface area contributed by atoms with Crippen LogP contribution < -0.4 is 21.3 Å². The van der Waals surface area contributed by atoms with E-state index in [2.05, 4.69) is 26.0 Å². The highest BCUT2D eigenvalue weighted by molar-refractivity contribution is 7.99. The van der Waals surface area contributed by atoms with E-state index in [1.54, 1.807) is 12.3 Å². The van der Waals surface area contributed by atoms with E-state index in [1.165, 1.54) is 22.9 Å². The lowest BCUT2D eigenvalue weighted by atomic mass is 10.2. The van der Waals surface area contributed by atoms with Gasteiger partial charge >= 0.3 is 0 Å². The van der Waals surface area contributed by atoms with Crippen LogP contribution in [0.3, 0.4) is 0 Å². The van der Waals surface area contributed by atoms with Crippen LogP contribution in [0.4, 0.5) is 16.0 Å². The van der Waals surface area contributed by atoms with Crippen molar-refractivity contribution >= 4 is 35.5 Å². The number of hydrogen-bond acceptors (Lipinski definition) is 8. The van der Waals surface area contributed by atoms with Gasteiger partial charge < -0.3 is 15.9 Å². The number of carbonyl (C=O) groups excluding carboxylic acids is 1. The molecule has 0 atom stereocenters. The van der Waals surface area contributed by atoms with E-state index in [1.807, 2.05) is 54.6 Å². The van der Waals surface area contributed by atoms with Crippen molar-refractivity contribution in [3.05, 3.63) is 95.8 Å². The van der Waals surface area contributed by atoms with Crippen molar-refractivity contribution < 1.29 is 13.9 Å². The minimum atomic E-state index is -0.432. The predicted octanol–water partition coefficient (Wildman–Crippen LogP) is 3.89. The van der Waals surface area contributed by atoms with Gasteiger partial charge in [0.25, 0.3) is 5.95 Å². The Morgan fingerprint density at radius 2 is 1.89 bits per heavy atom. The van der Waals surface area contributed by atoms with Crippen LogP contribution in [0.5, 0.6) is 5.75 Å². The lowest BCUT2D eigenvalue weighted by molar-refractivity contribution is -0.113. The molecular weight excluding hydrogens is 469 g/mol. The third kappa shape index (κ3) is 6.81. The van der Waals surface area contributed by atoms with Crippen LogP contribution in [0, 0.1) is 5.82 Å². The number of benzene rings is 3. The number of thioether (sulfide) groups is 1. The number of nitrogens with zero attached hydrogens (tertiary/aromatic N) is 4. The number of anilines is 2. The number of hydrogen-bond donors (Lipinski definition) is 3. The van der Waals surface area contributed by atoms with E-state index >= 15 is 0 Å². The second kappa shape index (κ2) is 11.7. The van der Waals surface area contributed by atoms with Crippen LogP contribution in [-0.4, -0.2) is 32.7 Å². The van der Waals surface area contributed by atoms with Crippen LogP contribution in [0.1, 0.15) is 11.1 Å². The zero-order valence-electron chi connectivity index (χ0n) is 18.5. The number of rotatable bonds is 10. The van der Waals surface area contributed by atoms with Gasteiger partial charge in [-0.15, -0.1) is 10.2 Å². The molecule has 4 rings (SSSR count). The van der Waals surface area contributed by atoms with Gasteiger partial charge in [-0.05, 0) is 35.9 Å². The fourth-order valence-electron chi connectivity index (χ4n) is 2.96. The number of nitrogens with one attached hydrogen (secondary N) is 2. The second-order valence-corrected chi connectivity index (χ2v) is 8.15. The summed E-state index contributed by atoms with van der Waals surface area (Å²) in [5.41, 5.74) is 4.93. The van der Waals surface area contributed by atoms with Crippen molar-refractivity contribution in [1.82, 2.24) is 14.9 Å². The smallest absolute Gasteiger partial charge is 0.264 e. The average molecular weight is 492 g/mol. The summed E-state index contributed by atoms with van der Waals surface area (Å²) in [5.74, 6) is 6.13. The number of nitrogen functional groups attached to an aromatic ring is 1. The summed E-state index contributed by atoms with van der Waals surface area (Å²) in [4.78, 5) is 12.1. The number of nitrogens with two attached hydrogens (primary N) is 1. The molecule has 0 saturated heterocycles. The number of aromatic nitrogens is 3. The third-order valence-electron chi connectivity index (χ3n) is 4.63. The molecule has 0 spiro atoms. The zero-order valence-corrected chi connectivity index (χ0v) is 19.3. The van der Waals surface area contributed by atoms with Crippen molar-refractivity contribution in [3.63, 3.8) is 0 Å². The standard InChI is InChI=1S/C24H22FN7O2S/c25-19-10-6-11-20(13-19)28-22(33)16-35-24-31-30-23(32(24)26)29-27-14-18-9-4-5-12-21(18)34-15-17-7-2-1-3-8-17/h1-14H,15-16,26H2,(H,28,33)(H,29,30)/b27-14+. The number of carbonyl (C=O) groups is 1. The number of ether oxygens (including phenoxy) is 1. The van der Waals surface area contributed by atoms with Gasteiger partial charge in [-0.3, -0.25) is 4.79 Å². The molecule has 3 aromatic carbocycles. The molecule has 11 heteroatoms. The number of amides is 1. The Bertz CT molecular complexity index is 1310. The summed E-state index contributed by atoms with van der Waals surface area (Å²) in [6.07, 6.45) is 1.59. The molecule has 0 fully saturated rings. The zero-order chi connectivity index (χ0) is 24.5. The topological polar surface area (TPSA) is 119 Å². The Kier molecular flexibility index (Phi) is 7.92. The molecule has 1 heterocycles. The molecule has 0 aliphatic carbocycles. The van der Waals surface area contributed by atoms with Gasteiger partial charge in [0.2, 0.25) is 11.1 Å². The van der Waals surface area contributed by atoms with Gasteiger partial charge in [0.05, 0.1) is 12.0 Å². The van der Waals surface area contributed by atoms with Crippen LogP contribution in [0.15, 0.2) is 89.1 Å². The molecule has 1 amide bonds. The Morgan fingerprint density at radius 3 is 2.71 bits per heavy atom. The van der Waals surface area contributed by atoms with E-state index in [0.717, 1.165) is 22.9 Å². The lowest BCUT2D eigenvalue weighted by Gasteiger charge is -2.09. The van der Waals surface area contributed by atoms with Crippen molar-refractivity contribution in [1.29, 1.82) is 0 Å². The Balaban J connectivity index is 1.31. The molecule has 0 unspecified atom stereocenters. The minimum absolute atomic E-state index is 0.0151. The van der Waals surface area contributed by atoms with Gasteiger partial charge in [0.15, 0.2) is 0 Å². The summed E-state index contributed by atoms with van der Waals surface area (Å²) < 4.78 is 20.4. The molecule has 0 bridgehead atoms. The molecule has 0 aliphatic heterocycles. The first kappa shape index (κ1) is 23.8. The van der Waals surface area contributed by atoms with Crippen LogP contribution in [-0.2, 0) is 11.4 Å². The summed E-state index contributed by atoms with van der Waals surface area (Å²) in [6, 6.07) is 23.0. The first-order valence-electron chi connectivity index (χ1n) is 10.5. The van der Waals surface area contributed by atoms with E-state index in [4.69, 9.17) is 10.6 Å². The summed E-state index contributed by atoms with van der Waals surface area (Å²) in [6.45, 7) is 0.434. The molecule has 0 aliphatic rings. The summed E-state index contributed by atoms with van der Waals surface area (Å²) >= 11 is 1.08. The van der Waals surface area contributed by atoms with E-state index in [-0.39, 0.29) is 17.6 Å². The normalized spacial score (nSPS) is 10.9. The predicted molar refractivity (Wildman–Crippen MR) is 134 cm³/mol. The molecule has 4 N–H and O–H groups in total. The Hall–Kier alpha value is -4.38. The first-order valence-corrected chi connectivity index (χ1v) is 11.5. The quantitative estimate of drug-likeness (QED) is 0.133. The maximum Gasteiger partial charge on any atom is 0.264 e. The highest BCUT2D eigenvalue weighted by Gasteiger charge is 2.12. The van der Waals surface area contributed by atoms with Crippen LogP contribution in [0.2, 0.25) is 0 Å². The van der Waals surface area contributed by atoms with Crippen molar-refractivity contribution in [2.45, 2.75) is 11.8 Å². The molecule has 4 aromatic rings. The monoisotopic (exact) mass is 491 g/mol. The van der Waals surface area contributed by atoms with Crippen molar-refractivity contribution in [2.75, 3.05) is 22.3 Å². The lowest BCUT2D eigenvalue weighted by Crippen LogP contribution is -2.17. The minimum Gasteiger partial charge on any atom is -0.488 e. The van der Waals surface area contributed by atoms with Gasteiger partial charge in [-0.1, -0.05) is 60.3 Å². The van der Waals surface area contributed by atoms with Crippen molar-refractivity contribution in [3.8, 4) is 5.75 Å². The molecule has 9 nitrogen and oxygen atoms in total. The van der Waals surface area contributed by atoms with E-state index in [0.29, 0.717) is 23.2 Å². The molecule has 0 saturated carbocycles. The summed E-state index contributed by atoms with van der Waals surface area (Å²) in [7, 11) is 0. The Labute approximate surface area is 205 Å². The van der Waals surface area contributed by atoms with Crippen LogP contribution >= 0.6 is 11.8 Å². The number of halogens is 1. The van der Waals surface area contributed by atoms with Gasteiger partial charge in [-0.25, -0.2) is 14.5 Å². The molecule has 0 radical (unpaired) electrons. The van der Waals surface area contributed by atoms with E-state index < -0.39 is 5.82 Å². The fourth-order valence-corrected chi connectivity index (χ4v) is 3.62. The SMILES string of the molecule is Nn1c(N/N=C/c2ccccc2OCc2ccccc2)nnc1SCC(=O)Nc1cccc(F)c1. The Morgan fingerprint density at radius 1 is 1.09 bits per heavy atom. The van der Waals surface area contributed by atoms with E-state index in [9.17, 15) is 9.18 Å². The third-order valence-corrected chi connectivity index (χ3v) is 5.57. The largest absolute Gasteiger partial charge is 0.488 e. The summed E-state index contributed by atoms with van der Waals surface area (Å²) in [5, 5.41) is 15.0.